The van der Waals surface area contributed by atoms with Gasteiger partial charge in [-0.3, -0.25) is 0 Å². The first kappa shape index (κ1) is 12.8. The molecule has 1 saturated carbocycles. The summed E-state index contributed by atoms with van der Waals surface area (Å²) in [5.41, 5.74) is 6.27. The summed E-state index contributed by atoms with van der Waals surface area (Å²) in [6.45, 7) is 0.929. The SMILES string of the molecule is N#CCC1(COc2ccc(CCN)cc2F)CC1. The summed E-state index contributed by atoms with van der Waals surface area (Å²) in [7, 11) is 0. The molecule has 0 heterocycles. The average Bonchev–Trinajstić information content (AvgIpc) is 3.09. The molecule has 0 radical (unpaired) electrons. The van der Waals surface area contributed by atoms with Crippen molar-refractivity contribution in [3.63, 3.8) is 0 Å². The topological polar surface area (TPSA) is 59.0 Å². The molecule has 0 atom stereocenters. The Balaban J connectivity index is 1.96. The van der Waals surface area contributed by atoms with Crippen LogP contribution >= 0.6 is 0 Å². The van der Waals surface area contributed by atoms with E-state index in [-0.39, 0.29) is 17.0 Å². The summed E-state index contributed by atoms with van der Waals surface area (Å²) < 4.78 is 19.2. The Morgan fingerprint density at radius 1 is 1.44 bits per heavy atom. The summed E-state index contributed by atoms with van der Waals surface area (Å²) in [5.74, 6) is -0.0892. The van der Waals surface area contributed by atoms with Gasteiger partial charge in [0.25, 0.3) is 0 Å². The van der Waals surface area contributed by atoms with Gasteiger partial charge in [0.15, 0.2) is 11.6 Å². The summed E-state index contributed by atoms with van der Waals surface area (Å²) >= 11 is 0. The zero-order chi connectivity index (χ0) is 13.0. The molecule has 1 fully saturated rings. The predicted octanol–water partition coefficient (Wildman–Crippen LogP) is 2.40. The van der Waals surface area contributed by atoms with Gasteiger partial charge in [0.2, 0.25) is 0 Å². The molecule has 2 rings (SSSR count). The molecule has 96 valence electrons. The molecule has 0 saturated heterocycles. The van der Waals surface area contributed by atoms with Crippen LogP contribution in [-0.4, -0.2) is 13.2 Å². The van der Waals surface area contributed by atoms with Crippen molar-refractivity contribution in [2.75, 3.05) is 13.2 Å². The van der Waals surface area contributed by atoms with Crippen LogP contribution in [0.3, 0.4) is 0 Å². The van der Waals surface area contributed by atoms with Gasteiger partial charge < -0.3 is 10.5 Å². The maximum atomic E-state index is 13.7. The molecule has 0 aromatic heterocycles. The Morgan fingerprint density at radius 2 is 2.22 bits per heavy atom. The zero-order valence-corrected chi connectivity index (χ0v) is 10.3. The van der Waals surface area contributed by atoms with Crippen molar-refractivity contribution in [2.24, 2.45) is 11.1 Å². The molecule has 1 aliphatic carbocycles. The van der Waals surface area contributed by atoms with Crippen LogP contribution < -0.4 is 10.5 Å². The molecule has 0 bridgehead atoms. The fraction of sp³-hybridized carbons (Fsp3) is 0.500. The van der Waals surface area contributed by atoms with Gasteiger partial charge in [0.1, 0.15) is 0 Å². The van der Waals surface area contributed by atoms with E-state index in [0.717, 1.165) is 18.4 Å². The second-order valence-electron chi connectivity index (χ2n) is 4.93. The number of nitrogens with two attached hydrogens (primary N) is 1. The lowest BCUT2D eigenvalue weighted by atomic mass is 10.1. The van der Waals surface area contributed by atoms with E-state index in [9.17, 15) is 4.39 Å². The van der Waals surface area contributed by atoms with E-state index in [1.165, 1.54) is 6.07 Å². The van der Waals surface area contributed by atoms with Gasteiger partial charge in [0, 0.05) is 11.8 Å². The quantitative estimate of drug-likeness (QED) is 0.841. The number of benzene rings is 1. The van der Waals surface area contributed by atoms with Crippen molar-refractivity contribution < 1.29 is 9.13 Å². The minimum atomic E-state index is -0.353. The lowest BCUT2D eigenvalue weighted by molar-refractivity contribution is 0.227. The standard InChI is InChI=1S/C14H17FN2O/c15-12-9-11(3-7-16)1-2-13(12)18-10-14(4-5-14)6-8-17/h1-2,9H,3-7,10,16H2. The lowest BCUT2D eigenvalue weighted by Crippen LogP contribution is -2.13. The molecule has 18 heavy (non-hydrogen) atoms. The van der Waals surface area contributed by atoms with Gasteiger partial charge in [-0.25, -0.2) is 4.39 Å². The second-order valence-corrected chi connectivity index (χ2v) is 4.93. The van der Waals surface area contributed by atoms with Crippen LogP contribution in [0.15, 0.2) is 18.2 Å². The first-order chi connectivity index (χ1) is 8.69. The van der Waals surface area contributed by atoms with Gasteiger partial charge in [-0.15, -0.1) is 0 Å². The van der Waals surface area contributed by atoms with E-state index in [1.807, 2.05) is 6.07 Å². The van der Waals surface area contributed by atoms with Crippen molar-refractivity contribution in [3.05, 3.63) is 29.6 Å². The highest BCUT2D eigenvalue weighted by Crippen LogP contribution is 2.48. The van der Waals surface area contributed by atoms with Crippen molar-refractivity contribution in [2.45, 2.75) is 25.7 Å². The van der Waals surface area contributed by atoms with Gasteiger partial charge in [-0.2, -0.15) is 5.26 Å². The number of ether oxygens (including phenoxy) is 1. The Morgan fingerprint density at radius 3 is 2.78 bits per heavy atom. The molecular formula is C14H17FN2O. The van der Waals surface area contributed by atoms with Crippen molar-refractivity contribution in [1.82, 2.24) is 0 Å². The first-order valence-corrected chi connectivity index (χ1v) is 6.17. The molecule has 1 aliphatic rings. The third-order valence-electron chi connectivity index (χ3n) is 3.37. The highest BCUT2D eigenvalue weighted by Gasteiger charge is 2.43. The van der Waals surface area contributed by atoms with Crippen LogP contribution in [0.4, 0.5) is 4.39 Å². The Labute approximate surface area is 106 Å². The van der Waals surface area contributed by atoms with E-state index < -0.39 is 0 Å². The third-order valence-corrected chi connectivity index (χ3v) is 3.37. The van der Waals surface area contributed by atoms with Crippen LogP contribution in [0.2, 0.25) is 0 Å². The lowest BCUT2D eigenvalue weighted by Gasteiger charge is -2.13. The van der Waals surface area contributed by atoms with Crippen LogP contribution in [0, 0.1) is 22.6 Å². The summed E-state index contributed by atoms with van der Waals surface area (Å²) in [6.07, 6.45) is 3.14. The number of nitriles is 1. The van der Waals surface area contributed by atoms with Gasteiger partial charge in [-0.1, -0.05) is 6.07 Å². The second kappa shape index (κ2) is 5.36. The fourth-order valence-electron chi connectivity index (χ4n) is 1.93. The minimum absolute atomic E-state index is 0.0306. The fourth-order valence-corrected chi connectivity index (χ4v) is 1.93. The van der Waals surface area contributed by atoms with E-state index >= 15 is 0 Å². The highest BCUT2D eigenvalue weighted by molar-refractivity contribution is 5.29. The van der Waals surface area contributed by atoms with Crippen molar-refractivity contribution in [3.8, 4) is 11.8 Å². The number of nitrogens with zero attached hydrogens (tertiary/aromatic N) is 1. The molecule has 0 amide bonds. The first-order valence-electron chi connectivity index (χ1n) is 6.17. The molecule has 4 heteroatoms. The Kier molecular flexibility index (Phi) is 3.83. The van der Waals surface area contributed by atoms with Crippen LogP contribution in [-0.2, 0) is 6.42 Å². The van der Waals surface area contributed by atoms with E-state index in [4.69, 9.17) is 15.7 Å². The minimum Gasteiger partial charge on any atom is -0.490 e. The summed E-state index contributed by atoms with van der Waals surface area (Å²) in [6, 6.07) is 7.09. The highest BCUT2D eigenvalue weighted by atomic mass is 19.1. The summed E-state index contributed by atoms with van der Waals surface area (Å²) in [5, 5.41) is 8.70. The summed E-state index contributed by atoms with van der Waals surface area (Å²) in [4.78, 5) is 0. The average molecular weight is 248 g/mol. The molecule has 1 aromatic rings. The van der Waals surface area contributed by atoms with Crippen molar-refractivity contribution >= 4 is 0 Å². The third kappa shape index (κ3) is 2.99. The maximum absolute atomic E-state index is 13.7. The number of hydrogen-bond donors (Lipinski definition) is 1. The van der Waals surface area contributed by atoms with E-state index in [2.05, 4.69) is 6.07 Å². The van der Waals surface area contributed by atoms with Gasteiger partial charge in [-0.05, 0) is 43.5 Å². The van der Waals surface area contributed by atoms with Crippen molar-refractivity contribution in [1.29, 1.82) is 5.26 Å². The molecule has 0 aliphatic heterocycles. The van der Waals surface area contributed by atoms with E-state index in [0.29, 0.717) is 26.0 Å². The molecule has 0 unspecified atom stereocenters. The normalized spacial score (nSPS) is 16.1. The Bertz CT molecular complexity index is 463. The van der Waals surface area contributed by atoms with Gasteiger partial charge >= 0.3 is 0 Å². The number of hydrogen-bond acceptors (Lipinski definition) is 3. The smallest absolute Gasteiger partial charge is 0.165 e. The number of rotatable bonds is 6. The molecule has 0 spiro atoms. The van der Waals surface area contributed by atoms with Gasteiger partial charge in [0.05, 0.1) is 12.7 Å². The number of halogens is 1. The van der Waals surface area contributed by atoms with Crippen LogP contribution in [0.5, 0.6) is 5.75 Å². The van der Waals surface area contributed by atoms with E-state index in [1.54, 1.807) is 6.07 Å². The monoisotopic (exact) mass is 248 g/mol. The molecule has 2 N–H and O–H groups in total. The molecule has 1 aromatic carbocycles. The predicted molar refractivity (Wildman–Crippen MR) is 66.6 cm³/mol. The Hall–Kier alpha value is -1.60. The van der Waals surface area contributed by atoms with Crippen LogP contribution in [0.25, 0.3) is 0 Å². The molecular weight excluding hydrogens is 231 g/mol. The zero-order valence-electron chi connectivity index (χ0n) is 10.3. The van der Waals surface area contributed by atoms with Crippen LogP contribution in [0.1, 0.15) is 24.8 Å². The molecule has 3 nitrogen and oxygen atoms in total. The largest absolute Gasteiger partial charge is 0.490 e. The maximum Gasteiger partial charge on any atom is 0.165 e.